The van der Waals surface area contributed by atoms with E-state index in [0.717, 1.165) is 38.3 Å². The molecule has 2 heterocycles. The Hall–Kier alpha value is -2.91. The van der Waals surface area contributed by atoms with Crippen molar-refractivity contribution in [3.05, 3.63) is 97.8 Å². The van der Waals surface area contributed by atoms with Crippen molar-refractivity contribution >= 4 is 83.4 Å². The molecule has 0 bridgehead atoms. The number of thioether (sulfide) groups is 4. The monoisotopic (exact) mass is 546 g/mol. The number of benzene rings is 4. The average molecular weight is 547 g/mol. The van der Waals surface area contributed by atoms with Crippen LogP contribution in [0.1, 0.15) is 15.9 Å². The maximum Gasteiger partial charge on any atom is 0.150 e. The van der Waals surface area contributed by atoms with Crippen LogP contribution >= 0.6 is 47.0 Å². The quantitative estimate of drug-likeness (QED) is 0.213. The van der Waals surface area contributed by atoms with Gasteiger partial charge < -0.3 is 14.9 Å². The molecule has 0 saturated carbocycles. The lowest BCUT2D eigenvalue weighted by atomic mass is 9.98. The molecule has 2 aliphatic heterocycles. The molecule has 0 atom stereocenters. The van der Waals surface area contributed by atoms with E-state index in [9.17, 15) is 15.0 Å². The number of hydrogen-bond donors (Lipinski definition) is 2. The number of rotatable bonds is 4. The van der Waals surface area contributed by atoms with Crippen molar-refractivity contribution < 1.29 is 19.7 Å². The summed E-state index contributed by atoms with van der Waals surface area (Å²) in [6.07, 6.45) is 0.769. The van der Waals surface area contributed by atoms with Crippen molar-refractivity contribution in [3.63, 3.8) is 0 Å². The fourth-order valence-corrected chi connectivity index (χ4v) is 8.21. The van der Waals surface area contributed by atoms with Gasteiger partial charge in [-0.25, -0.2) is 0 Å². The number of aromatic hydroxyl groups is 2. The highest BCUT2D eigenvalue weighted by Crippen LogP contribution is 2.41. The van der Waals surface area contributed by atoms with Crippen molar-refractivity contribution in [2.24, 2.45) is 0 Å². The molecule has 2 aliphatic rings. The first-order valence-corrected chi connectivity index (χ1v) is 14.5. The van der Waals surface area contributed by atoms with Gasteiger partial charge in [0.2, 0.25) is 0 Å². The normalized spacial score (nSPS) is 14.9. The Morgan fingerprint density at radius 3 is 1.86 bits per heavy atom. The largest absolute Gasteiger partial charge is 0.508 e. The highest BCUT2D eigenvalue weighted by Gasteiger charge is 2.17. The van der Waals surface area contributed by atoms with Crippen molar-refractivity contribution in [2.45, 2.75) is 6.61 Å². The molecule has 0 aliphatic carbocycles. The van der Waals surface area contributed by atoms with Crippen LogP contribution in [-0.2, 0) is 6.61 Å². The number of carbonyl (C=O) groups is 1. The van der Waals surface area contributed by atoms with E-state index < -0.39 is 0 Å². The molecule has 0 spiro atoms. The first kappa shape index (κ1) is 23.5. The molecule has 178 valence electrons. The zero-order chi connectivity index (χ0) is 24.6. The van der Waals surface area contributed by atoms with E-state index >= 15 is 0 Å². The van der Waals surface area contributed by atoms with Gasteiger partial charge in [0.05, 0.1) is 8.47 Å². The Kier molecular flexibility index (Phi) is 6.43. The Morgan fingerprint density at radius 1 is 0.667 bits per heavy atom. The predicted octanol–water partition coefficient (Wildman–Crippen LogP) is 6.83. The summed E-state index contributed by atoms with van der Waals surface area (Å²) in [5, 5.41) is 35.0. The summed E-state index contributed by atoms with van der Waals surface area (Å²) in [5.41, 5.74) is 1.11. The van der Waals surface area contributed by atoms with Crippen LogP contribution < -0.4 is 15.2 Å². The minimum Gasteiger partial charge on any atom is -0.508 e. The minimum atomic E-state index is 0.0933. The first-order valence-electron chi connectivity index (χ1n) is 11.0. The molecule has 0 amide bonds. The summed E-state index contributed by atoms with van der Waals surface area (Å²) in [7, 11) is 0. The summed E-state index contributed by atoms with van der Waals surface area (Å²) >= 11 is 6.75. The number of hydrogen-bond acceptors (Lipinski definition) is 8. The number of phenolic OH excluding ortho intramolecular Hbond substituents is 2. The maximum atomic E-state index is 11.4. The topological polar surface area (TPSA) is 66.8 Å². The SMILES string of the molecule is O=Cc1ccc(O)cc1COc1ccc2c(=C3SC=CS3)c3cc(O)ccc3c(=C3SC=CS3)c2c1. The van der Waals surface area contributed by atoms with E-state index in [4.69, 9.17) is 4.74 Å². The van der Waals surface area contributed by atoms with Gasteiger partial charge in [-0.2, -0.15) is 0 Å². The Labute approximate surface area is 223 Å². The molecule has 2 N–H and O–H groups in total. The number of fused-ring (bicyclic) bond motifs is 2. The van der Waals surface area contributed by atoms with Crippen LogP contribution in [0.2, 0.25) is 0 Å². The molecule has 8 heteroatoms. The van der Waals surface area contributed by atoms with Crippen LogP contribution in [-0.4, -0.2) is 16.5 Å². The molecule has 0 radical (unpaired) electrons. The zero-order valence-electron chi connectivity index (χ0n) is 18.6. The lowest BCUT2D eigenvalue weighted by molar-refractivity contribution is 0.112. The summed E-state index contributed by atoms with van der Waals surface area (Å²) < 4.78 is 8.47. The molecule has 4 aromatic rings. The third-order valence-electron chi connectivity index (χ3n) is 5.94. The third kappa shape index (κ3) is 4.28. The molecule has 6 rings (SSSR count). The average Bonchev–Trinajstić information content (AvgIpc) is 3.61. The van der Waals surface area contributed by atoms with Crippen molar-refractivity contribution in [2.75, 3.05) is 0 Å². The van der Waals surface area contributed by atoms with Crippen LogP contribution in [0.25, 0.3) is 30.0 Å². The second kappa shape index (κ2) is 9.86. The summed E-state index contributed by atoms with van der Waals surface area (Å²) in [4.78, 5) is 11.4. The van der Waals surface area contributed by atoms with E-state index in [0.29, 0.717) is 16.9 Å². The molecule has 0 aromatic heterocycles. The summed E-state index contributed by atoms with van der Waals surface area (Å²) in [6, 6.07) is 16.3. The lowest BCUT2D eigenvalue weighted by Crippen LogP contribution is -2.17. The smallest absolute Gasteiger partial charge is 0.150 e. The number of carbonyl (C=O) groups excluding carboxylic acids is 1. The predicted molar refractivity (Wildman–Crippen MR) is 156 cm³/mol. The number of aldehydes is 1. The second-order valence-electron chi connectivity index (χ2n) is 8.07. The van der Waals surface area contributed by atoms with Gasteiger partial charge in [0.15, 0.2) is 0 Å². The molecule has 36 heavy (non-hydrogen) atoms. The standard InChI is InChI=1S/C28H18O4S4/c29-14-16-1-2-18(30)11-17(16)15-32-20-4-6-22-24(13-20)26(28-35-9-10-36-28)21-5-3-19(31)12-23(21)25(22)27-33-7-8-34-27/h1-14,30-31H,15H2. The van der Waals surface area contributed by atoms with E-state index in [1.165, 1.54) is 14.5 Å². The fraction of sp³-hybridized carbons (Fsp3) is 0.0357. The van der Waals surface area contributed by atoms with Gasteiger partial charge in [-0.15, -0.1) is 0 Å². The number of phenols is 2. The molecular formula is C28H18O4S4. The van der Waals surface area contributed by atoms with Gasteiger partial charge in [-0.1, -0.05) is 47.0 Å². The van der Waals surface area contributed by atoms with Crippen molar-refractivity contribution in [1.29, 1.82) is 0 Å². The highest BCUT2D eigenvalue weighted by molar-refractivity contribution is 8.35. The van der Waals surface area contributed by atoms with Crippen LogP contribution in [0.5, 0.6) is 17.2 Å². The van der Waals surface area contributed by atoms with Gasteiger partial charge >= 0.3 is 0 Å². The molecule has 0 unspecified atom stereocenters. The zero-order valence-corrected chi connectivity index (χ0v) is 21.9. The van der Waals surface area contributed by atoms with Gasteiger partial charge in [0.25, 0.3) is 0 Å². The van der Waals surface area contributed by atoms with Crippen LogP contribution in [0, 0.1) is 0 Å². The molecule has 0 fully saturated rings. The van der Waals surface area contributed by atoms with Gasteiger partial charge in [0.1, 0.15) is 30.1 Å². The van der Waals surface area contributed by atoms with Crippen molar-refractivity contribution in [3.8, 4) is 17.2 Å². The van der Waals surface area contributed by atoms with Crippen LogP contribution in [0.3, 0.4) is 0 Å². The Morgan fingerprint density at radius 2 is 1.22 bits per heavy atom. The van der Waals surface area contributed by atoms with E-state index in [1.54, 1.807) is 65.2 Å². The fourth-order valence-electron chi connectivity index (χ4n) is 4.37. The maximum absolute atomic E-state index is 11.4. The van der Waals surface area contributed by atoms with Gasteiger partial charge in [0, 0.05) is 21.6 Å². The minimum absolute atomic E-state index is 0.0933. The third-order valence-corrected chi connectivity index (χ3v) is 10.2. The van der Waals surface area contributed by atoms with Gasteiger partial charge in [-0.3, -0.25) is 4.79 Å². The first-order chi connectivity index (χ1) is 17.6. The van der Waals surface area contributed by atoms with Gasteiger partial charge in [-0.05, 0) is 97.8 Å². The van der Waals surface area contributed by atoms with Crippen LogP contribution in [0.15, 0.2) is 76.2 Å². The molecular weight excluding hydrogens is 529 g/mol. The Bertz CT molecular complexity index is 1720. The van der Waals surface area contributed by atoms with Crippen molar-refractivity contribution in [1.82, 2.24) is 0 Å². The molecule has 4 aromatic carbocycles. The lowest BCUT2D eigenvalue weighted by Gasteiger charge is -2.14. The van der Waals surface area contributed by atoms with E-state index in [2.05, 4.69) is 33.8 Å². The molecule has 4 nitrogen and oxygen atoms in total. The van der Waals surface area contributed by atoms with Crippen LogP contribution in [0.4, 0.5) is 0 Å². The second-order valence-corrected chi connectivity index (χ2v) is 12.2. The summed E-state index contributed by atoms with van der Waals surface area (Å²) in [5.74, 6) is 1.00. The highest BCUT2D eigenvalue weighted by atomic mass is 32.2. The molecule has 0 saturated heterocycles. The van der Waals surface area contributed by atoms with E-state index in [-0.39, 0.29) is 18.1 Å². The van der Waals surface area contributed by atoms with E-state index in [1.807, 2.05) is 18.2 Å². The Balaban J connectivity index is 1.60. The number of ether oxygens (including phenoxy) is 1. The summed E-state index contributed by atoms with van der Waals surface area (Å²) in [6.45, 7) is 0.159.